The van der Waals surface area contributed by atoms with Crippen molar-refractivity contribution in [1.82, 2.24) is 0 Å². The first-order chi connectivity index (χ1) is 13.3. The molecule has 3 fully saturated rings. The van der Waals surface area contributed by atoms with Crippen molar-refractivity contribution in [2.45, 2.75) is 83.5 Å². The lowest BCUT2D eigenvalue weighted by atomic mass is 10.1. The van der Waals surface area contributed by atoms with Gasteiger partial charge in [0, 0.05) is 0 Å². The third-order valence-corrected chi connectivity index (χ3v) is 5.10. The molecule has 4 rings (SSSR count). The van der Waals surface area contributed by atoms with Gasteiger partial charge in [0.2, 0.25) is 0 Å². The number of hydrogen-bond acceptors (Lipinski definition) is 7. The van der Waals surface area contributed by atoms with E-state index in [-0.39, 0.29) is 24.4 Å². The third-order valence-electron chi connectivity index (χ3n) is 5.10. The number of benzene rings is 1. The maximum atomic E-state index is 6.28. The molecule has 3 aliphatic rings. The summed E-state index contributed by atoms with van der Waals surface area (Å²) in [4.78, 5) is 0. The monoisotopic (exact) mass is 394 g/mol. The van der Waals surface area contributed by atoms with Gasteiger partial charge in [-0.25, -0.2) is 0 Å². The van der Waals surface area contributed by atoms with Crippen molar-refractivity contribution in [2.75, 3.05) is 13.2 Å². The van der Waals surface area contributed by atoms with Crippen LogP contribution in [-0.2, 0) is 35.0 Å². The molecule has 0 N–H and O–H groups in total. The highest BCUT2D eigenvalue weighted by molar-refractivity contribution is 5.26. The molecule has 5 unspecified atom stereocenters. The molecule has 3 aliphatic heterocycles. The summed E-state index contributed by atoms with van der Waals surface area (Å²) in [6.45, 7) is 11.0. The van der Waals surface area contributed by atoms with Crippen LogP contribution >= 0.6 is 0 Å². The van der Waals surface area contributed by atoms with Gasteiger partial charge in [-0.2, -0.15) is 0 Å². The number of ether oxygens (including phenoxy) is 7. The van der Waals surface area contributed by atoms with Crippen LogP contribution in [0.4, 0.5) is 0 Å². The summed E-state index contributed by atoms with van der Waals surface area (Å²) in [6.07, 6.45) is -1.66. The van der Waals surface area contributed by atoms with E-state index in [1.807, 2.05) is 58.9 Å². The second-order valence-corrected chi connectivity index (χ2v) is 8.29. The maximum Gasteiger partial charge on any atom is 0.190 e. The van der Waals surface area contributed by atoms with Gasteiger partial charge >= 0.3 is 0 Å². The maximum absolute atomic E-state index is 6.28. The molecular formula is C21H30O7. The van der Waals surface area contributed by atoms with Crippen LogP contribution in [0.5, 0.6) is 5.75 Å². The Labute approximate surface area is 166 Å². The molecule has 7 heteroatoms. The molecule has 0 radical (unpaired) electrons. The van der Waals surface area contributed by atoms with E-state index in [2.05, 4.69) is 0 Å². The zero-order chi connectivity index (χ0) is 19.9. The standard InChI is InChI=1S/C21H30O7/c1-6-22-14-9-7-13(8-10-14)11-23-17-16(15-12-24-20(2,3)26-15)25-19-18(17)27-21(4,5)28-19/h7-10,15-19H,6,11-12H2,1-5H3. The van der Waals surface area contributed by atoms with Crippen LogP contribution < -0.4 is 4.74 Å². The molecule has 7 nitrogen and oxygen atoms in total. The summed E-state index contributed by atoms with van der Waals surface area (Å²) >= 11 is 0. The van der Waals surface area contributed by atoms with Crippen LogP contribution in [0.3, 0.4) is 0 Å². The summed E-state index contributed by atoms with van der Waals surface area (Å²) in [5, 5.41) is 0. The quantitative estimate of drug-likeness (QED) is 0.735. The van der Waals surface area contributed by atoms with E-state index >= 15 is 0 Å². The lowest BCUT2D eigenvalue weighted by molar-refractivity contribution is -0.236. The fourth-order valence-corrected chi connectivity index (χ4v) is 3.91. The zero-order valence-electron chi connectivity index (χ0n) is 17.2. The number of hydrogen-bond donors (Lipinski definition) is 0. The Kier molecular flexibility index (Phi) is 5.41. The summed E-state index contributed by atoms with van der Waals surface area (Å²) in [5.74, 6) is -0.485. The molecule has 0 amide bonds. The van der Waals surface area contributed by atoms with Gasteiger partial charge in [0.05, 0.1) is 19.8 Å². The molecule has 3 saturated heterocycles. The van der Waals surface area contributed by atoms with Crippen molar-refractivity contribution in [3.63, 3.8) is 0 Å². The number of fused-ring (bicyclic) bond motifs is 1. The molecule has 3 heterocycles. The summed E-state index contributed by atoms with van der Waals surface area (Å²) in [5.41, 5.74) is 1.05. The average Bonchev–Trinajstić information content (AvgIpc) is 3.23. The minimum atomic E-state index is -0.701. The van der Waals surface area contributed by atoms with E-state index in [0.717, 1.165) is 11.3 Å². The van der Waals surface area contributed by atoms with E-state index in [4.69, 9.17) is 33.2 Å². The van der Waals surface area contributed by atoms with E-state index in [1.54, 1.807) is 0 Å². The third kappa shape index (κ3) is 4.20. The van der Waals surface area contributed by atoms with Crippen molar-refractivity contribution in [1.29, 1.82) is 0 Å². The second-order valence-electron chi connectivity index (χ2n) is 8.29. The first-order valence-electron chi connectivity index (χ1n) is 9.92. The van der Waals surface area contributed by atoms with Gasteiger partial charge in [0.15, 0.2) is 17.9 Å². The lowest BCUT2D eigenvalue weighted by Crippen LogP contribution is -2.44. The SMILES string of the molecule is CCOc1ccc(COC2C(C3COC(C)(C)O3)OC3OC(C)(C)OC32)cc1. The molecule has 1 aromatic carbocycles. The minimum absolute atomic E-state index is 0.235. The second kappa shape index (κ2) is 7.55. The average molecular weight is 394 g/mol. The predicted octanol–water partition coefficient (Wildman–Crippen LogP) is 3.00. The predicted molar refractivity (Wildman–Crippen MR) is 99.8 cm³/mol. The molecule has 0 saturated carbocycles. The molecule has 0 spiro atoms. The molecule has 156 valence electrons. The molecule has 0 aliphatic carbocycles. The Morgan fingerprint density at radius 1 is 0.964 bits per heavy atom. The van der Waals surface area contributed by atoms with Gasteiger partial charge in [-0.05, 0) is 52.3 Å². The largest absolute Gasteiger partial charge is 0.494 e. The summed E-state index contributed by atoms with van der Waals surface area (Å²) < 4.78 is 41.7. The smallest absolute Gasteiger partial charge is 0.190 e. The Hall–Kier alpha value is -1.22. The van der Waals surface area contributed by atoms with Crippen molar-refractivity contribution < 1.29 is 33.2 Å². The van der Waals surface area contributed by atoms with Gasteiger partial charge in [-0.15, -0.1) is 0 Å². The normalized spacial score (nSPS) is 35.8. The van der Waals surface area contributed by atoms with Crippen molar-refractivity contribution in [3.8, 4) is 5.75 Å². The van der Waals surface area contributed by atoms with Crippen LogP contribution in [0.15, 0.2) is 24.3 Å². The summed E-state index contributed by atoms with van der Waals surface area (Å²) in [7, 11) is 0. The lowest BCUT2D eigenvalue weighted by Gasteiger charge is -2.29. The van der Waals surface area contributed by atoms with E-state index in [1.165, 1.54) is 0 Å². The van der Waals surface area contributed by atoms with Gasteiger partial charge in [-0.3, -0.25) is 0 Å². The van der Waals surface area contributed by atoms with Crippen molar-refractivity contribution in [3.05, 3.63) is 29.8 Å². The Bertz CT molecular complexity index is 672. The number of rotatable bonds is 6. The van der Waals surface area contributed by atoms with Crippen LogP contribution in [0, 0.1) is 0 Å². The molecule has 5 atom stereocenters. The zero-order valence-corrected chi connectivity index (χ0v) is 17.2. The Morgan fingerprint density at radius 3 is 2.36 bits per heavy atom. The highest BCUT2D eigenvalue weighted by Gasteiger charge is 2.58. The van der Waals surface area contributed by atoms with Crippen LogP contribution in [-0.4, -0.2) is 55.5 Å². The van der Waals surface area contributed by atoms with Gasteiger partial charge in [0.25, 0.3) is 0 Å². The Morgan fingerprint density at radius 2 is 1.71 bits per heavy atom. The molecule has 1 aromatic rings. The van der Waals surface area contributed by atoms with E-state index in [0.29, 0.717) is 19.8 Å². The van der Waals surface area contributed by atoms with Crippen LogP contribution in [0.25, 0.3) is 0 Å². The van der Waals surface area contributed by atoms with Gasteiger partial charge in [0.1, 0.15) is 30.2 Å². The highest BCUT2D eigenvalue weighted by atomic mass is 16.8. The Balaban J connectivity index is 1.45. The fraction of sp³-hybridized carbons (Fsp3) is 0.714. The van der Waals surface area contributed by atoms with Crippen LogP contribution in [0.2, 0.25) is 0 Å². The van der Waals surface area contributed by atoms with E-state index in [9.17, 15) is 0 Å². The molecular weight excluding hydrogens is 364 g/mol. The van der Waals surface area contributed by atoms with E-state index < -0.39 is 17.9 Å². The van der Waals surface area contributed by atoms with Crippen LogP contribution in [0.1, 0.15) is 40.2 Å². The minimum Gasteiger partial charge on any atom is -0.494 e. The highest BCUT2D eigenvalue weighted by Crippen LogP contribution is 2.42. The first kappa shape index (κ1) is 20.1. The first-order valence-corrected chi connectivity index (χ1v) is 9.92. The van der Waals surface area contributed by atoms with Crippen molar-refractivity contribution >= 4 is 0 Å². The molecule has 28 heavy (non-hydrogen) atoms. The van der Waals surface area contributed by atoms with Gasteiger partial charge in [-0.1, -0.05) is 12.1 Å². The van der Waals surface area contributed by atoms with Gasteiger partial charge < -0.3 is 33.2 Å². The topological polar surface area (TPSA) is 64.6 Å². The molecule has 0 aromatic heterocycles. The molecule has 0 bridgehead atoms. The fourth-order valence-electron chi connectivity index (χ4n) is 3.91. The van der Waals surface area contributed by atoms with Crippen molar-refractivity contribution in [2.24, 2.45) is 0 Å². The summed E-state index contributed by atoms with van der Waals surface area (Å²) in [6, 6.07) is 7.90.